The van der Waals surface area contributed by atoms with Crippen LogP contribution in [0.2, 0.25) is 0 Å². The highest BCUT2D eigenvalue weighted by atomic mass is 32.1. The Morgan fingerprint density at radius 2 is 2.15 bits per heavy atom. The number of benzene rings is 1. The van der Waals surface area contributed by atoms with E-state index in [1.165, 1.54) is 23.0 Å². The van der Waals surface area contributed by atoms with E-state index in [9.17, 15) is 14.0 Å². The zero-order chi connectivity index (χ0) is 23.2. The summed E-state index contributed by atoms with van der Waals surface area (Å²) in [7, 11) is 1.46. The number of para-hydroxylation sites is 1. The number of hydrogen-bond donors (Lipinski definition) is 0. The van der Waals surface area contributed by atoms with E-state index in [0.29, 0.717) is 19.7 Å². The van der Waals surface area contributed by atoms with Crippen molar-refractivity contribution in [1.82, 2.24) is 9.80 Å². The monoisotopic (exact) mass is 476 g/mol. The summed E-state index contributed by atoms with van der Waals surface area (Å²) in [4.78, 5) is 30.6. The second kappa shape index (κ2) is 11.1. The van der Waals surface area contributed by atoms with E-state index in [2.05, 4.69) is 0 Å². The molecule has 2 aromatic rings. The van der Waals surface area contributed by atoms with Gasteiger partial charge < -0.3 is 24.0 Å². The Hall–Kier alpha value is -2.49. The molecule has 3 heterocycles. The van der Waals surface area contributed by atoms with Crippen molar-refractivity contribution in [3.8, 4) is 5.75 Å². The van der Waals surface area contributed by atoms with Crippen LogP contribution in [0, 0.1) is 5.82 Å². The summed E-state index contributed by atoms with van der Waals surface area (Å²) in [6.45, 7) is 1.54. The zero-order valence-electron chi connectivity index (χ0n) is 18.7. The highest BCUT2D eigenvalue weighted by Crippen LogP contribution is 2.34. The van der Waals surface area contributed by atoms with Crippen LogP contribution in [-0.4, -0.2) is 74.3 Å². The Morgan fingerprint density at radius 3 is 2.91 bits per heavy atom. The van der Waals surface area contributed by atoms with Crippen LogP contribution < -0.4 is 4.74 Å². The van der Waals surface area contributed by atoms with Crippen molar-refractivity contribution in [1.29, 1.82) is 0 Å². The lowest BCUT2D eigenvalue weighted by atomic mass is 10.0. The van der Waals surface area contributed by atoms with Gasteiger partial charge in [-0.3, -0.25) is 9.59 Å². The summed E-state index contributed by atoms with van der Waals surface area (Å²) in [6, 6.07) is 7.88. The van der Waals surface area contributed by atoms with Crippen LogP contribution in [0.15, 0.2) is 35.7 Å². The topological polar surface area (TPSA) is 68.3 Å². The Morgan fingerprint density at radius 1 is 1.30 bits per heavy atom. The molecule has 1 aromatic carbocycles. The van der Waals surface area contributed by atoms with Crippen molar-refractivity contribution in [2.45, 2.75) is 31.4 Å². The first-order valence-electron chi connectivity index (χ1n) is 11.2. The van der Waals surface area contributed by atoms with E-state index in [4.69, 9.17) is 14.2 Å². The fourth-order valence-corrected chi connectivity index (χ4v) is 5.29. The van der Waals surface area contributed by atoms with Crippen LogP contribution in [0.25, 0.3) is 0 Å². The Kier molecular flexibility index (Phi) is 7.95. The number of methoxy groups -OCH3 is 1. The first-order chi connectivity index (χ1) is 16.1. The smallest absolute Gasteiger partial charge is 0.249 e. The molecule has 0 aliphatic carbocycles. The molecule has 2 unspecified atom stereocenters. The molecule has 7 nitrogen and oxygen atoms in total. The number of rotatable bonds is 9. The molecule has 0 saturated carbocycles. The number of thiophene rings is 1. The van der Waals surface area contributed by atoms with Gasteiger partial charge in [0.05, 0.1) is 18.7 Å². The van der Waals surface area contributed by atoms with Crippen molar-refractivity contribution in [2.24, 2.45) is 0 Å². The quantitative estimate of drug-likeness (QED) is 0.557. The minimum Gasteiger partial charge on any atom is -0.488 e. The molecule has 1 aromatic heterocycles. The van der Waals surface area contributed by atoms with Gasteiger partial charge in [0.15, 0.2) is 11.6 Å². The van der Waals surface area contributed by atoms with Gasteiger partial charge in [0.25, 0.3) is 0 Å². The zero-order valence-corrected chi connectivity index (χ0v) is 19.5. The third kappa shape index (κ3) is 5.72. The molecule has 2 aliphatic heterocycles. The molecule has 0 spiro atoms. The van der Waals surface area contributed by atoms with E-state index in [0.717, 1.165) is 24.8 Å². The van der Waals surface area contributed by atoms with Crippen molar-refractivity contribution >= 4 is 23.2 Å². The average Bonchev–Trinajstić information content (AvgIpc) is 3.50. The van der Waals surface area contributed by atoms with Crippen LogP contribution in [0.1, 0.15) is 29.3 Å². The molecule has 0 N–H and O–H groups in total. The number of carbonyl (C=O) groups excluding carboxylic acids is 2. The normalized spacial score (nSPS) is 19.9. The fourth-order valence-electron chi connectivity index (χ4n) is 4.36. The summed E-state index contributed by atoms with van der Waals surface area (Å²) in [5.74, 6) is -0.697. The van der Waals surface area contributed by atoms with Gasteiger partial charge in [0.1, 0.15) is 13.2 Å². The van der Waals surface area contributed by atoms with E-state index < -0.39 is 5.82 Å². The molecule has 33 heavy (non-hydrogen) atoms. The van der Waals surface area contributed by atoms with E-state index in [1.54, 1.807) is 34.4 Å². The molecule has 4 rings (SSSR count). The maximum absolute atomic E-state index is 14.1. The van der Waals surface area contributed by atoms with Gasteiger partial charge >= 0.3 is 0 Å². The Balaban J connectivity index is 1.49. The van der Waals surface area contributed by atoms with Crippen LogP contribution >= 0.6 is 11.3 Å². The van der Waals surface area contributed by atoms with Gasteiger partial charge in [-0.2, -0.15) is 0 Å². The summed E-state index contributed by atoms with van der Waals surface area (Å²) < 4.78 is 30.6. The molecule has 2 aliphatic rings. The summed E-state index contributed by atoms with van der Waals surface area (Å²) in [5.41, 5.74) is 1.02. The second-order valence-corrected chi connectivity index (χ2v) is 9.24. The van der Waals surface area contributed by atoms with Gasteiger partial charge in [-0.1, -0.05) is 12.1 Å². The van der Waals surface area contributed by atoms with Gasteiger partial charge in [0, 0.05) is 31.7 Å². The standard InChI is InChI=1S/C24H29FN2O5S/c1-30-16-24(29)26(13-17-5-4-11-31-17)14-23(28)27-10-8-22-18(9-12-33-22)20(27)15-32-21-7-3-2-6-19(21)25/h2-3,6-7,9,12,17,20H,4-5,8,10-11,13-16H2,1H3. The molecule has 0 bridgehead atoms. The van der Waals surface area contributed by atoms with Gasteiger partial charge in [-0.05, 0) is 48.4 Å². The predicted molar refractivity (Wildman–Crippen MR) is 122 cm³/mol. The van der Waals surface area contributed by atoms with E-state index in [1.807, 2.05) is 11.4 Å². The first-order valence-corrected chi connectivity index (χ1v) is 12.1. The van der Waals surface area contributed by atoms with Crippen molar-refractivity contribution in [3.63, 3.8) is 0 Å². The molecule has 0 radical (unpaired) electrons. The van der Waals surface area contributed by atoms with Crippen molar-refractivity contribution in [2.75, 3.05) is 46.6 Å². The van der Waals surface area contributed by atoms with Crippen LogP contribution in [-0.2, 0) is 25.5 Å². The maximum Gasteiger partial charge on any atom is 0.249 e. The highest BCUT2D eigenvalue weighted by molar-refractivity contribution is 7.10. The van der Waals surface area contributed by atoms with Gasteiger partial charge in [0.2, 0.25) is 11.8 Å². The molecule has 1 fully saturated rings. The molecular formula is C24H29FN2O5S. The lowest BCUT2D eigenvalue weighted by molar-refractivity contribution is -0.145. The minimum atomic E-state index is -0.440. The number of hydrogen-bond acceptors (Lipinski definition) is 6. The van der Waals surface area contributed by atoms with Gasteiger partial charge in [-0.15, -0.1) is 11.3 Å². The summed E-state index contributed by atoms with van der Waals surface area (Å²) in [6.07, 6.45) is 2.50. The first kappa shape index (κ1) is 23.7. The number of nitrogens with zero attached hydrogens (tertiary/aromatic N) is 2. The largest absolute Gasteiger partial charge is 0.488 e. The van der Waals surface area contributed by atoms with Gasteiger partial charge in [-0.25, -0.2) is 4.39 Å². The van der Waals surface area contributed by atoms with Crippen molar-refractivity contribution < 1.29 is 28.2 Å². The third-order valence-electron chi connectivity index (χ3n) is 6.04. The van der Waals surface area contributed by atoms with Crippen molar-refractivity contribution in [3.05, 3.63) is 52.0 Å². The number of amides is 2. The fraction of sp³-hybridized carbons (Fsp3) is 0.500. The minimum absolute atomic E-state index is 0.0578. The predicted octanol–water partition coefficient (Wildman–Crippen LogP) is 3.05. The van der Waals surface area contributed by atoms with E-state index in [-0.39, 0.29) is 49.5 Å². The van der Waals surface area contributed by atoms with Crippen LogP contribution in [0.3, 0.4) is 0 Å². The molecule has 178 valence electrons. The molecule has 1 saturated heterocycles. The average molecular weight is 477 g/mol. The number of carbonyl (C=O) groups is 2. The van der Waals surface area contributed by atoms with Crippen LogP contribution in [0.5, 0.6) is 5.75 Å². The van der Waals surface area contributed by atoms with E-state index >= 15 is 0 Å². The summed E-state index contributed by atoms with van der Waals surface area (Å²) >= 11 is 1.65. The third-order valence-corrected chi connectivity index (χ3v) is 7.04. The number of ether oxygens (including phenoxy) is 3. The molecule has 2 amide bonds. The lowest BCUT2D eigenvalue weighted by Crippen LogP contribution is -2.49. The molecular weight excluding hydrogens is 447 g/mol. The number of halogens is 1. The molecule has 2 atom stereocenters. The lowest BCUT2D eigenvalue weighted by Gasteiger charge is -2.37. The molecule has 9 heteroatoms. The maximum atomic E-state index is 14.1. The Labute approximate surface area is 197 Å². The summed E-state index contributed by atoms with van der Waals surface area (Å²) in [5, 5.41) is 2.00. The highest BCUT2D eigenvalue weighted by Gasteiger charge is 2.34. The SMILES string of the molecule is COCC(=O)N(CC(=O)N1CCc2sccc2C1COc1ccccc1F)CC1CCCO1. The Bertz CT molecular complexity index is 962. The number of fused-ring (bicyclic) bond motifs is 1. The second-order valence-electron chi connectivity index (χ2n) is 8.24. The van der Waals surface area contributed by atoms with Crippen LogP contribution in [0.4, 0.5) is 4.39 Å².